The van der Waals surface area contributed by atoms with E-state index in [1.807, 2.05) is 6.92 Å². The second-order valence-corrected chi connectivity index (χ2v) is 9.96. The predicted octanol–water partition coefficient (Wildman–Crippen LogP) is 3.92. The van der Waals surface area contributed by atoms with E-state index in [4.69, 9.17) is 9.47 Å². The molecule has 9 nitrogen and oxygen atoms in total. The van der Waals surface area contributed by atoms with Crippen LogP contribution in [-0.4, -0.2) is 64.5 Å². The monoisotopic (exact) mass is 509 g/mol. The number of carbonyl (C=O) groups is 2. The number of aromatic nitrogens is 3. The maximum atomic E-state index is 14.6. The first kappa shape index (κ1) is 25.0. The molecule has 2 fully saturated rings. The molecule has 5 rings (SSSR count). The summed E-state index contributed by atoms with van der Waals surface area (Å²) in [6.07, 6.45) is 3.60. The van der Waals surface area contributed by atoms with Gasteiger partial charge in [0.1, 0.15) is 22.8 Å². The van der Waals surface area contributed by atoms with Crippen LogP contribution in [0.15, 0.2) is 12.1 Å². The molecule has 2 aliphatic rings. The fourth-order valence-electron chi connectivity index (χ4n) is 4.86. The van der Waals surface area contributed by atoms with Gasteiger partial charge in [-0.3, -0.25) is 9.59 Å². The highest BCUT2D eigenvalue weighted by Gasteiger charge is 2.28. The van der Waals surface area contributed by atoms with Crippen molar-refractivity contribution in [2.75, 3.05) is 26.8 Å². The molecular weight excluding hydrogens is 477 g/mol. The van der Waals surface area contributed by atoms with Gasteiger partial charge in [-0.15, -0.1) is 0 Å². The van der Waals surface area contributed by atoms with Crippen LogP contribution in [0.2, 0.25) is 0 Å². The first-order chi connectivity index (χ1) is 17.7. The van der Waals surface area contributed by atoms with Crippen molar-refractivity contribution in [1.29, 1.82) is 0 Å². The first-order valence-corrected chi connectivity index (χ1v) is 12.7. The van der Waals surface area contributed by atoms with Gasteiger partial charge in [0.2, 0.25) is 5.91 Å². The zero-order valence-electron chi connectivity index (χ0n) is 21.6. The van der Waals surface area contributed by atoms with Crippen molar-refractivity contribution in [3.05, 3.63) is 35.0 Å². The standard InChI is InChI=1S/C27H32FN5O4/c1-14-23(27(35)32-18-7-9-33(10-8-18)16(3)34)25-26(29-14)24(30-15(2)31-25)19-11-22(36-4)20(28)12-21(19)37-13-17-5-6-17/h11-12,17-18,29H,5-10,13H2,1-4H3,(H,32,35). The molecule has 196 valence electrons. The van der Waals surface area contributed by atoms with Crippen LogP contribution in [0.3, 0.4) is 0 Å². The fraction of sp³-hybridized carbons (Fsp3) is 0.481. The van der Waals surface area contributed by atoms with Gasteiger partial charge < -0.3 is 24.7 Å². The van der Waals surface area contributed by atoms with Gasteiger partial charge in [0, 0.05) is 43.4 Å². The summed E-state index contributed by atoms with van der Waals surface area (Å²) in [5.41, 5.74) is 3.26. The molecule has 3 heterocycles. The Kier molecular flexibility index (Phi) is 6.74. The molecule has 10 heteroatoms. The van der Waals surface area contributed by atoms with Crippen LogP contribution in [0.25, 0.3) is 22.3 Å². The molecule has 1 aliphatic carbocycles. The van der Waals surface area contributed by atoms with E-state index in [9.17, 15) is 14.0 Å². The molecule has 0 bridgehead atoms. The molecular formula is C27H32FN5O4. The van der Waals surface area contributed by atoms with E-state index in [1.165, 1.54) is 13.2 Å². The van der Waals surface area contributed by atoms with Gasteiger partial charge in [0.25, 0.3) is 5.91 Å². The van der Waals surface area contributed by atoms with E-state index in [1.54, 1.807) is 24.8 Å². The third-order valence-corrected chi connectivity index (χ3v) is 7.13. The lowest BCUT2D eigenvalue weighted by molar-refractivity contribution is -0.129. The zero-order valence-corrected chi connectivity index (χ0v) is 21.6. The summed E-state index contributed by atoms with van der Waals surface area (Å²) in [6, 6.07) is 2.88. The molecule has 2 amide bonds. The number of amides is 2. The van der Waals surface area contributed by atoms with Crippen LogP contribution in [0.4, 0.5) is 4.39 Å². The molecule has 37 heavy (non-hydrogen) atoms. The van der Waals surface area contributed by atoms with Gasteiger partial charge in [0.05, 0.1) is 24.8 Å². The van der Waals surface area contributed by atoms with E-state index in [0.29, 0.717) is 83.6 Å². The average Bonchev–Trinajstić information content (AvgIpc) is 3.63. The van der Waals surface area contributed by atoms with Crippen LogP contribution in [0.1, 0.15) is 54.5 Å². The number of H-pyrrole nitrogens is 1. The minimum atomic E-state index is -0.516. The quantitative estimate of drug-likeness (QED) is 0.500. The maximum Gasteiger partial charge on any atom is 0.255 e. The minimum Gasteiger partial charge on any atom is -0.494 e. The van der Waals surface area contributed by atoms with Gasteiger partial charge in [-0.1, -0.05) is 0 Å². The fourth-order valence-corrected chi connectivity index (χ4v) is 4.86. The second kappa shape index (κ2) is 9.99. The molecule has 3 aromatic rings. The topological polar surface area (TPSA) is 109 Å². The van der Waals surface area contributed by atoms with Crippen LogP contribution in [0, 0.1) is 25.6 Å². The van der Waals surface area contributed by atoms with Crippen molar-refractivity contribution in [3.8, 4) is 22.8 Å². The summed E-state index contributed by atoms with van der Waals surface area (Å²) in [7, 11) is 1.41. The Balaban J connectivity index is 1.51. The zero-order chi connectivity index (χ0) is 26.3. The molecule has 1 aliphatic heterocycles. The number of nitrogens with one attached hydrogen (secondary N) is 2. The Labute approximate surface area is 214 Å². The van der Waals surface area contributed by atoms with E-state index in [-0.39, 0.29) is 23.6 Å². The number of methoxy groups -OCH3 is 1. The highest BCUT2D eigenvalue weighted by molar-refractivity contribution is 6.09. The van der Waals surface area contributed by atoms with Gasteiger partial charge in [0.15, 0.2) is 11.6 Å². The molecule has 1 saturated heterocycles. The van der Waals surface area contributed by atoms with Crippen LogP contribution in [0.5, 0.6) is 11.5 Å². The summed E-state index contributed by atoms with van der Waals surface area (Å²) < 4.78 is 25.9. The van der Waals surface area contributed by atoms with E-state index in [2.05, 4.69) is 20.3 Å². The number of carbonyl (C=O) groups excluding carboxylic acids is 2. The number of aromatic amines is 1. The van der Waals surface area contributed by atoms with Crippen molar-refractivity contribution in [2.45, 2.75) is 52.5 Å². The van der Waals surface area contributed by atoms with Gasteiger partial charge >= 0.3 is 0 Å². The maximum absolute atomic E-state index is 14.6. The lowest BCUT2D eigenvalue weighted by Gasteiger charge is -2.31. The van der Waals surface area contributed by atoms with Crippen LogP contribution in [-0.2, 0) is 4.79 Å². The minimum absolute atomic E-state index is 0.0290. The van der Waals surface area contributed by atoms with Gasteiger partial charge in [-0.25, -0.2) is 14.4 Å². The number of rotatable bonds is 7. The number of aryl methyl sites for hydroxylation is 2. The summed E-state index contributed by atoms with van der Waals surface area (Å²) in [5, 5.41) is 3.12. The number of piperidine rings is 1. The summed E-state index contributed by atoms with van der Waals surface area (Å²) >= 11 is 0. The van der Waals surface area contributed by atoms with Crippen LogP contribution >= 0.6 is 0 Å². The molecule has 2 aromatic heterocycles. The van der Waals surface area contributed by atoms with E-state index >= 15 is 0 Å². The van der Waals surface area contributed by atoms with Gasteiger partial charge in [-0.05, 0) is 51.5 Å². The Morgan fingerprint density at radius 3 is 2.51 bits per heavy atom. The lowest BCUT2D eigenvalue weighted by atomic mass is 10.0. The highest BCUT2D eigenvalue weighted by Crippen LogP contribution is 2.40. The number of likely N-dealkylation sites (tertiary alicyclic amines) is 1. The summed E-state index contributed by atoms with van der Waals surface area (Å²) in [6.45, 7) is 6.89. The Bertz CT molecular complexity index is 1360. The normalized spacial score (nSPS) is 16.2. The molecule has 0 atom stereocenters. The number of nitrogens with zero attached hydrogens (tertiary/aromatic N) is 3. The second-order valence-electron chi connectivity index (χ2n) is 9.96. The van der Waals surface area contributed by atoms with Crippen LogP contribution < -0.4 is 14.8 Å². The van der Waals surface area contributed by atoms with Crippen molar-refractivity contribution in [2.24, 2.45) is 5.92 Å². The Morgan fingerprint density at radius 1 is 1.14 bits per heavy atom. The predicted molar refractivity (Wildman–Crippen MR) is 136 cm³/mol. The molecule has 1 saturated carbocycles. The number of hydrogen-bond acceptors (Lipinski definition) is 6. The number of ether oxygens (including phenoxy) is 2. The molecule has 0 spiro atoms. The van der Waals surface area contributed by atoms with Crippen molar-refractivity contribution in [3.63, 3.8) is 0 Å². The number of fused-ring (bicyclic) bond motifs is 1. The number of benzene rings is 1. The third kappa shape index (κ3) is 5.10. The highest BCUT2D eigenvalue weighted by atomic mass is 19.1. The molecule has 0 radical (unpaired) electrons. The summed E-state index contributed by atoms with van der Waals surface area (Å²) in [4.78, 5) is 39.4. The third-order valence-electron chi connectivity index (χ3n) is 7.13. The molecule has 1 aromatic carbocycles. The number of halogens is 1. The average molecular weight is 510 g/mol. The SMILES string of the molecule is COc1cc(-c2nc(C)nc3c(C(=O)NC4CCN(C(C)=O)CC4)c(C)[nH]c23)c(OCC2CC2)cc1F. The Hall–Kier alpha value is -3.69. The lowest BCUT2D eigenvalue weighted by Crippen LogP contribution is -2.46. The van der Waals surface area contributed by atoms with Crippen molar-refractivity contribution >= 4 is 22.8 Å². The van der Waals surface area contributed by atoms with Crippen molar-refractivity contribution < 1.29 is 23.5 Å². The first-order valence-electron chi connectivity index (χ1n) is 12.7. The van der Waals surface area contributed by atoms with E-state index < -0.39 is 5.82 Å². The molecule has 0 unspecified atom stereocenters. The van der Waals surface area contributed by atoms with Crippen molar-refractivity contribution in [1.82, 2.24) is 25.2 Å². The van der Waals surface area contributed by atoms with E-state index in [0.717, 1.165) is 12.8 Å². The smallest absolute Gasteiger partial charge is 0.255 e. The summed E-state index contributed by atoms with van der Waals surface area (Å²) in [5.74, 6) is 0.720. The largest absolute Gasteiger partial charge is 0.494 e. The Morgan fingerprint density at radius 2 is 1.86 bits per heavy atom. The van der Waals surface area contributed by atoms with Gasteiger partial charge in [-0.2, -0.15) is 0 Å². The molecule has 2 N–H and O–H groups in total. The number of hydrogen-bond donors (Lipinski definition) is 2.